The summed E-state index contributed by atoms with van der Waals surface area (Å²) < 4.78 is 5.09. The Bertz CT molecular complexity index is 458. The average Bonchev–Trinajstić information content (AvgIpc) is 2.81. The van der Waals surface area contributed by atoms with E-state index in [9.17, 15) is 19.2 Å². The Labute approximate surface area is 135 Å². The van der Waals surface area contributed by atoms with Crippen molar-refractivity contribution in [3.63, 3.8) is 0 Å². The van der Waals surface area contributed by atoms with Crippen molar-refractivity contribution in [1.82, 2.24) is 15.5 Å². The minimum atomic E-state index is -0.271. The van der Waals surface area contributed by atoms with E-state index in [0.29, 0.717) is 39.0 Å². The number of carbonyl (C=O) groups is 4. The highest BCUT2D eigenvalue weighted by Crippen LogP contribution is 2.07. The number of rotatable bonds is 11. The van der Waals surface area contributed by atoms with E-state index in [4.69, 9.17) is 4.74 Å². The lowest BCUT2D eigenvalue weighted by Gasteiger charge is -2.13. The summed E-state index contributed by atoms with van der Waals surface area (Å²) in [5, 5.41) is 5.19. The van der Waals surface area contributed by atoms with Gasteiger partial charge in [0.05, 0.1) is 6.61 Å². The number of nitrogens with zero attached hydrogens (tertiary/aromatic N) is 1. The Balaban J connectivity index is 1.93. The maximum absolute atomic E-state index is 11.5. The zero-order valence-electron chi connectivity index (χ0n) is 13.3. The first-order chi connectivity index (χ1) is 11.0. The Hall–Kier alpha value is -2.22. The van der Waals surface area contributed by atoms with Gasteiger partial charge in [-0.05, 0) is 12.8 Å². The van der Waals surface area contributed by atoms with Crippen LogP contribution in [-0.2, 0) is 23.9 Å². The van der Waals surface area contributed by atoms with Crippen LogP contribution in [0.1, 0.15) is 32.6 Å². The fourth-order valence-electron chi connectivity index (χ4n) is 1.96. The van der Waals surface area contributed by atoms with E-state index in [-0.39, 0.29) is 30.4 Å². The molecule has 4 amide bonds. The molecule has 8 nitrogen and oxygen atoms in total. The van der Waals surface area contributed by atoms with Gasteiger partial charge in [0.2, 0.25) is 11.8 Å². The summed E-state index contributed by atoms with van der Waals surface area (Å²) in [4.78, 5) is 45.9. The van der Waals surface area contributed by atoms with E-state index in [1.54, 1.807) is 0 Å². The molecule has 1 rings (SSSR count). The molecule has 0 saturated heterocycles. The first-order valence-electron chi connectivity index (χ1n) is 7.63. The molecule has 0 fully saturated rings. The van der Waals surface area contributed by atoms with Gasteiger partial charge in [-0.15, -0.1) is 0 Å². The lowest BCUT2D eigenvalue weighted by molar-refractivity contribution is -0.137. The lowest BCUT2D eigenvalue weighted by atomic mass is 10.2. The number of carbonyl (C=O) groups excluding carboxylic acids is 4. The molecule has 0 aromatic rings. The van der Waals surface area contributed by atoms with E-state index >= 15 is 0 Å². The summed E-state index contributed by atoms with van der Waals surface area (Å²) in [6, 6.07) is 0. The SMILES string of the molecule is CC(=O)NCOCCNC(=O)CCCCCN1C(=O)C=CC1=O. The van der Waals surface area contributed by atoms with Gasteiger partial charge < -0.3 is 15.4 Å². The number of imide groups is 1. The Morgan fingerprint density at radius 2 is 1.78 bits per heavy atom. The van der Waals surface area contributed by atoms with Gasteiger partial charge in [0.15, 0.2) is 0 Å². The summed E-state index contributed by atoms with van der Waals surface area (Å²) in [5.74, 6) is -0.774. The highest BCUT2D eigenvalue weighted by atomic mass is 16.5. The molecule has 0 unspecified atom stereocenters. The predicted molar refractivity (Wildman–Crippen MR) is 82.0 cm³/mol. The van der Waals surface area contributed by atoms with Gasteiger partial charge in [0.1, 0.15) is 6.73 Å². The quantitative estimate of drug-likeness (QED) is 0.308. The molecule has 0 spiro atoms. The fraction of sp³-hybridized carbons (Fsp3) is 0.600. The average molecular weight is 325 g/mol. The van der Waals surface area contributed by atoms with Gasteiger partial charge >= 0.3 is 0 Å². The topological polar surface area (TPSA) is 105 Å². The summed E-state index contributed by atoms with van der Waals surface area (Å²) in [7, 11) is 0. The van der Waals surface area contributed by atoms with Crippen LogP contribution >= 0.6 is 0 Å². The van der Waals surface area contributed by atoms with Crippen molar-refractivity contribution in [3.05, 3.63) is 12.2 Å². The Morgan fingerprint density at radius 1 is 1.09 bits per heavy atom. The molecule has 0 aliphatic carbocycles. The second kappa shape index (κ2) is 10.5. The van der Waals surface area contributed by atoms with Crippen molar-refractivity contribution in [3.8, 4) is 0 Å². The third kappa shape index (κ3) is 8.10. The third-order valence-electron chi connectivity index (χ3n) is 3.18. The monoisotopic (exact) mass is 325 g/mol. The number of ether oxygens (including phenoxy) is 1. The smallest absolute Gasteiger partial charge is 0.253 e. The first kappa shape index (κ1) is 18.8. The molecule has 0 radical (unpaired) electrons. The molecule has 2 N–H and O–H groups in total. The van der Waals surface area contributed by atoms with Crippen molar-refractivity contribution in [2.24, 2.45) is 0 Å². The van der Waals surface area contributed by atoms with Gasteiger partial charge in [-0.3, -0.25) is 24.1 Å². The van der Waals surface area contributed by atoms with Crippen LogP contribution in [0.15, 0.2) is 12.2 Å². The van der Waals surface area contributed by atoms with Crippen molar-refractivity contribution in [1.29, 1.82) is 0 Å². The van der Waals surface area contributed by atoms with Gasteiger partial charge in [-0.2, -0.15) is 0 Å². The molecule has 8 heteroatoms. The molecule has 1 aliphatic heterocycles. The summed E-state index contributed by atoms with van der Waals surface area (Å²) in [6.07, 6.45) is 5.08. The maximum Gasteiger partial charge on any atom is 0.253 e. The molecule has 0 saturated carbocycles. The van der Waals surface area contributed by atoms with Crippen molar-refractivity contribution >= 4 is 23.6 Å². The number of nitrogens with one attached hydrogen (secondary N) is 2. The normalized spacial score (nSPS) is 13.5. The van der Waals surface area contributed by atoms with E-state index in [1.807, 2.05) is 0 Å². The highest BCUT2D eigenvalue weighted by Gasteiger charge is 2.22. The van der Waals surface area contributed by atoms with E-state index in [2.05, 4.69) is 10.6 Å². The molecular formula is C15H23N3O5. The van der Waals surface area contributed by atoms with Crippen LogP contribution in [0, 0.1) is 0 Å². The molecule has 23 heavy (non-hydrogen) atoms. The van der Waals surface area contributed by atoms with E-state index < -0.39 is 0 Å². The van der Waals surface area contributed by atoms with Crippen LogP contribution in [0.25, 0.3) is 0 Å². The number of unbranched alkanes of at least 4 members (excludes halogenated alkanes) is 2. The van der Waals surface area contributed by atoms with E-state index in [0.717, 1.165) is 6.42 Å². The molecule has 1 heterocycles. The minimum absolute atomic E-state index is 0.0666. The number of amides is 4. The second-order valence-corrected chi connectivity index (χ2v) is 5.11. The zero-order valence-corrected chi connectivity index (χ0v) is 13.3. The second-order valence-electron chi connectivity index (χ2n) is 5.11. The summed E-state index contributed by atoms with van der Waals surface area (Å²) >= 11 is 0. The van der Waals surface area contributed by atoms with E-state index in [1.165, 1.54) is 24.0 Å². The zero-order chi connectivity index (χ0) is 17.1. The molecule has 128 valence electrons. The highest BCUT2D eigenvalue weighted by molar-refractivity contribution is 6.12. The van der Waals surface area contributed by atoms with Crippen molar-refractivity contribution < 1.29 is 23.9 Å². The third-order valence-corrected chi connectivity index (χ3v) is 3.18. The van der Waals surface area contributed by atoms with Crippen LogP contribution in [0.2, 0.25) is 0 Å². The van der Waals surface area contributed by atoms with Gasteiger partial charge in [-0.1, -0.05) is 6.42 Å². The maximum atomic E-state index is 11.5. The molecule has 1 aliphatic rings. The fourth-order valence-corrected chi connectivity index (χ4v) is 1.96. The van der Waals surface area contributed by atoms with Gasteiger partial charge in [0, 0.05) is 38.6 Å². The first-order valence-corrected chi connectivity index (χ1v) is 7.63. The molecule has 0 atom stereocenters. The van der Waals surface area contributed by atoms with Crippen LogP contribution in [0.3, 0.4) is 0 Å². The number of hydrogen-bond acceptors (Lipinski definition) is 5. The molecular weight excluding hydrogens is 302 g/mol. The number of hydrogen-bond donors (Lipinski definition) is 2. The minimum Gasteiger partial charge on any atom is -0.359 e. The lowest BCUT2D eigenvalue weighted by Crippen LogP contribution is -2.31. The van der Waals surface area contributed by atoms with Crippen LogP contribution < -0.4 is 10.6 Å². The molecule has 0 aromatic carbocycles. The molecule has 0 aromatic heterocycles. The Kier molecular flexibility index (Phi) is 8.59. The van der Waals surface area contributed by atoms with Crippen LogP contribution in [0.5, 0.6) is 0 Å². The summed E-state index contributed by atoms with van der Waals surface area (Å²) in [6.45, 7) is 2.65. The van der Waals surface area contributed by atoms with Crippen LogP contribution in [0.4, 0.5) is 0 Å². The molecule has 0 bridgehead atoms. The Morgan fingerprint density at radius 3 is 2.43 bits per heavy atom. The van der Waals surface area contributed by atoms with Crippen molar-refractivity contribution in [2.75, 3.05) is 26.4 Å². The standard InChI is InChI=1S/C15H23N3O5/c1-12(19)17-11-23-10-8-16-13(20)5-3-2-4-9-18-14(21)6-7-15(18)22/h6-7H,2-5,8-11H2,1H3,(H,16,20)(H,17,19). The predicted octanol–water partition coefficient (Wildman–Crippen LogP) is -0.302. The van der Waals surface area contributed by atoms with Crippen molar-refractivity contribution in [2.45, 2.75) is 32.6 Å². The van der Waals surface area contributed by atoms with Gasteiger partial charge in [-0.25, -0.2) is 0 Å². The largest absolute Gasteiger partial charge is 0.359 e. The summed E-state index contributed by atoms with van der Waals surface area (Å²) in [5.41, 5.74) is 0. The van der Waals surface area contributed by atoms with Crippen LogP contribution in [-0.4, -0.2) is 55.0 Å². The van der Waals surface area contributed by atoms with Gasteiger partial charge in [0.25, 0.3) is 11.8 Å².